The molecule has 34 heavy (non-hydrogen) atoms. The van der Waals surface area contributed by atoms with Crippen molar-refractivity contribution in [2.45, 2.75) is 44.0 Å². The van der Waals surface area contributed by atoms with Crippen LogP contribution >= 0.6 is 31.9 Å². The number of nitrogens with zero attached hydrogens (tertiary/aromatic N) is 1. The number of sulfonamides is 1. The smallest absolute Gasteiger partial charge is 0.263 e. The second-order valence-electron chi connectivity index (χ2n) is 8.56. The third-order valence-electron chi connectivity index (χ3n) is 6.34. The van der Waals surface area contributed by atoms with E-state index in [0.717, 1.165) is 19.3 Å². The molecule has 1 fully saturated rings. The predicted octanol–water partition coefficient (Wildman–Crippen LogP) is 7.00. The highest BCUT2D eigenvalue weighted by Crippen LogP contribution is 2.35. The van der Waals surface area contributed by atoms with E-state index in [0.29, 0.717) is 26.7 Å². The number of hydrogen-bond donors (Lipinski definition) is 1. The minimum absolute atomic E-state index is 0.0326. The van der Waals surface area contributed by atoms with Crippen LogP contribution in [0, 0.1) is 13.8 Å². The number of carbonyl (C=O) groups is 1. The molecule has 1 saturated heterocycles. The van der Waals surface area contributed by atoms with Crippen LogP contribution in [0.5, 0.6) is 0 Å². The van der Waals surface area contributed by atoms with Gasteiger partial charge < -0.3 is 4.90 Å². The molecule has 0 saturated carbocycles. The maximum absolute atomic E-state index is 13.5. The average Bonchev–Trinajstić information content (AvgIpc) is 2.82. The van der Waals surface area contributed by atoms with E-state index in [1.54, 1.807) is 36.4 Å². The van der Waals surface area contributed by atoms with Crippen LogP contribution in [0.15, 0.2) is 74.5 Å². The summed E-state index contributed by atoms with van der Waals surface area (Å²) in [6, 6.07) is 17.9. The van der Waals surface area contributed by atoms with Crippen LogP contribution in [0.1, 0.15) is 52.4 Å². The first-order valence-electron chi connectivity index (χ1n) is 11.1. The van der Waals surface area contributed by atoms with Crippen LogP contribution in [0.3, 0.4) is 0 Å². The van der Waals surface area contributed by atoms with Gasteiger partial charge in [-0.25, -0.2) is 8.42 Å². The molecule has 1 unspecified atom stereocenters. The van der Waals surface area contributed by atoms with Crippen LogP contribution in [0.2, 0.25) is 0 Å². The highest BCUT2D eigenvalue weighted by Gasteiger charge is 2.30. The van der Waals surface area contributed by atoms with Crippen molar-refractivity contribution in [3.8, 4) is 0 Å². The van der Waals surface area contributed by atoms with Crippen molar-refractivity contribution >= 4 is 53.5 Å². The second-order valence-corrected chi connectivity index (χ2v) is 12.0. The molecule has 0 aliphatic carbocycles. The highest BCUT2D eigenvalue weighted by atomic mass is 79.9. The number of halogens is 2. The van der Waals surface area contributed by atoms with Crippen molar-refractivity contribution in [1.29, 1.82) is 0 Å². The lowest BCUT2D eigenvalue weighted by Gasteiger charge is -2.37. The Bertz CT molecular complexity index is 1320. The summed E-state index contributed by atoms with van der Waals surface area (Å²) < 4.78 is 29.5. The second kappa shape index (κ2) is 10.2. The number of likely N-dealkylation sites (tertiary alicyclic amines) is 1. The first kappa shape index (κ1) is 24.9. The molecule has 8 heteroatoms. The van der Waals surface area contributed by atoms with Gasteiger partial charge in [0.25, 0.3) is 15.9 Å². The first-order valence-corrected chi connectivity index (χ1v) is 14.2. The van der Waals surface area contributed by atoms with Gasteiger partial charge in [0.15, 0.2) is 0 Å². The Labute approximate surface area is 217 Å². The Morgan fingerprint density at radius 1 is 1.00 bits per heavy atom. The molecule has 0 bridgehead atoms. The normalized spacial score (nSPS) is 16.4. The third-order valence-corrected chi connectivity index (χ3v) is 9.20. The number of rotatable bonds is 5. The van der Waals surface area contributed by atoms with Crippen LogP contribution < -0.4 is 4.72 Å². The van der Waals surface area contributed by atoms with E-state index in [1.165, 1.54) is 22.8 Å². The van der Waals surface area contributed by atoms with Gasteiger partial charge in [0.05, 0.1) is 6.04 Å². The SMILES string of the molecule is Cc1cccc(C2CCCCN2C(=O)c2ccc(NS(=O)(=O)c3cc(Br)ccc3Br)cc2)c1C. The van der Waals surface area contributed by atoms with E-state index in [-0.39, 0.29) is 16.8 Å². The Hall–Kier alpha value is -2.16. The summed E-state index contributed by atoms with van der Waals surface area (Å²) in [6.07, 6.45) is 3.01. The van der Waals surface area contributed by atoms with Gasteiger partial charge in [-0.3, -0.25) is 9.52 Å². The number of hydrogen-bond acceptors (Lipinski definition) is 3. The van der Waals surface area contributed by atoms with E-state index < -0.39 is 10.0 Å². The van der Waals surface area contributed by atoms with Gasteiger partial charge in [0.1, 0.15) is 4.90 Å². The van der Waals surface area contributed by atoms with Crippen molar-refractivity contribution in [2.24, 2.45) is 0 Å². The molecule has 1 aliphatic rings. The van der Waals surface area contributed by atoms with Crippen molar-refractivity contribution in [3.05, 3.63) is 91.9 Å². The van der Waals surface area contributed by atoms with Crippen LogP contribution in [0.25, 0.3) is 0 Å². The topological polar surface area (TPSA) is 66.5 Å². The van der Waals surface area contributed by atoms with E-state index in [1.807, 2.05) is 4.90 Å². The molecule has 3 aromatic rings. The summed E-state index contributed by atoms with van der Waals surface area (Å²) >= 11 is 6.61. The quantitative estimate of drug-likeness (QED) is 0.341. The van der Waals surface area contributed by atoms with E-state index in [4.69, 9.17) is 0 Å². The number of amides is 1. The molecule has 1 N–H and O–H groups in total. The van der Waals surface area contributed by atoms with Gasteiger partial charge in [-0.05, 0) is 108 Å². The maximum atomic E-state index is 13.5. The van der Waals surface area contributed by atoms with Gasteiger partial charge in [-0.1, -0.05) is 34.1 Å². The number of nitrogens with one attached hydrogen (secondary N) is 1. The zero-order chi connectivity index (χ0) is 24.5. The Kier molecular flexibility index (Phi) is 7.50. The lowest BCUT2D eigenvalue weighted by atomic mass is 9.90. The molecule has 1 heterocycles. The standard InChI is InChI=1S/C26H26Br2N2O3S/c1-17-6-5-7-22(18(17)2)24-8-3-4-15-30(24)26(31)19-9-12-21(13-10-19)29-34(32,33)25-16-20(27)11-14-23(25)28/h5-7,9-14,16,24,29H,3-4,8,15H2,1-2H3. The molecule has 1 aliphatic heterocycles. The highest BCUT2D eigenvalue weighted by molar-refractivity contribution is 9.11. The molecule has 0 radical (unpaired) electrons. The average molecular weight is 606 g/mol. The van der Waals surface area contributed by atoms with Crippen molar-refractivity contribution in [2.75, 3.05) is 11.3 Å². The predicted molar refractivity (Wildman–Crippen MR) is 143 cm³/mol. The third kappa shape index (κ3) is 5.24. The van der Waals surface area contributed by atoms with Crippen LogP contribution in [-0.4, -0.2) is 25.8 Å². The molecule has 3 aromatic carbocycles. The Balaban J connectivity index is 1.55. The minimum atomic E-state index is -3.80. The Morgan fingerprint density at radius 2 is 1.74 bits per heavy atom. The van der Waals surface area contributed by atoms with Gasteiger partial charge in [-0.15, -0.1) is 0 Å². The number of piperidine rings is 1. The fourth-order valence-corrected chi connectivity index (χ4v) is 6.93. The zero-order valence-corrected chi connectivity index (χ0v) is 23.0. The molecular formula is C26H26Br2N2O3S. The van der Waals surface area contributed by atoms with Crippen molar-refractivity contribution < 1.29 is 13.2 Å². The fraction of sp³-hybridized carbons (Fsp3) is 0.269. The molecule has 0 spiro atoms. The number of anilines is 1. The summed E-state index contributed by atoms with van der Waals surface area (Å²) in [4.78, 5) is 15.5. The molecule has 1 amide bonds. The van der Waals surface area contributed by atoms with E-state index in [9.17, 15) is 13.2 Å². The van der Waals surface area contributed by atoms with Gasteiger partial charge in [0, 0.05) is 26.7 Å². The molecule has 0 aromatic heterocycles. The number of carbonyl (C=O) groups excluding carboxylic acids is 1. The summed E-state index contributed by atoms with van der Waals surface area (Å²) in [6.45, 7) is 4.93. The monoisotopic (exact) mass is 604 g/mol. The summed E-state index contributed by atoms with van der Waals surface area (Å²) in [5.74, 6) is -0.0326. The molecular weight excluding hydrogens is 580 g/mol. The minimum Gasteiger partial charge on any atom is -0.332 e. The number of aryl methyl sites for hydroxylation is 1. The van der Waals surface area contributed by atoms with Gasteiger partial charge >= 0.3 is 0 Å². The number of benzene rings is 3. The lowest BCUT2D eigenvalue weighted by molar-refractivity contribution is 0.0611. The first-order chi connectivity index (χ1) is 16.2. The van der Waals surface area contributed by atoms with Gasteiger partial charge in [-0.2, -0.15) is 0 Å². The molecule has 178 valence electrons. The van der Waals surface area contributed by atoms with Crippen molar-refractivity contribution in [1.82, 2.24) is 4.90 Å². The fourth-order valence-electron chi connectivity index (χ4n) is 4.37. The Morgan fingerprint density at radius 3 is 2.47 bits per heavy atom. The molecule has 5 nitrogen and oxygen atoms in total. The molecule has 4 rings (SSSR count). The summed E-state index contributed by atoms with van der Waals surface area (Å²) in [5.41, 5.74) is 4.61. The van der Waals surface area contributed by atoms with Crippen LogP contribution in [0.4, 0.5) is 5.69 Å². The van der Waals surface area contributed by atoms with Crippen molar-refractivity contribution in [3.63, 3.8) is 0 Å². The molecule has 1 atom stereocenters. The van der Waals surface area contributed by atoms with E-state index in [2.05, 4.69) is 68.6 Å². The van der Waals surface area contributed by atoms with E-state index >= 15 is 0 Å². The summed E-state index contributed by atoms with van der Waals surface area (Å²) in [7, 11) is -3.80. The zero-order valence-electron chi connectivity index (χ0n) is 19.0. The largest absolute Gasteiger partial charge is 0.332 e. The summed E-state index contributed by atoms with van der Waals surface area (Å²) in [5, 5.41) is 0. The van der Waals surface area contributed by atoms with Crippen LogP contribution in [-0.2, 0) is 10.0 Å². The maximum Gasteiger partial charge on any atom is 0.263 e. The van der Waals surface area contributed by atoms with Gasteiger partial charge in [0.2, 0.25) is 0 Å². The lowest BCUT2D eigenvalue weighted by Crippen LogP contribution is -2.38.